The van der Waals surface area contributed by atoms with Crippen LogP contribution in [0.2, 0.25) is 13.1 Å². The van der Waals surface area contributed by atoms with Crippen LogP contribution in [0.4, 0.5) is 26.3 Å². The molecule has 0 saturated carbocycles. The number of fused-ring (bicyclic) bond motifs is 1. The van der Waals surface area contributed by atoms with E-state index in [0.717, 1.165) is 0 Å². The maximum atomic E-state index is 10.7. The molecule has 0 heterocycles. The third kappa shape index (κ3) is 15.4. The summed E-state index contributed by atoms with van der Waals surface area (Å²) in [5.74, 6) is 0.560. The summed E-state index contributed by atoms with van der Waals surface area (Å²) in [6, 6.07) is 21.6. The van der Waals surface area contributed by atoms with Crippen molar-refractivity contribution in [3.63, 3.8) is 0 Å². The van der Waals surface area contributed by atoms with Crippen LogP contribution < -0.4 is 0 Å². The van der Waals surface area contributed by atoms with Gasteiger partial charge >= 0.3 is 52.9 Å². The van der Waals surface area contributed by atoms with Crippen LogP contribution in [0.15, 0.2) is 77.4 Å². The molecule has 0 spiro atoms. The van der Waals surface area contributed by atoms with Crippen LogP contribution in [-0.4, -0.2) is 42.4 Å². The van der Waals surface area contributed by atoms with E-state index in [4.69, 9.17) is 25.9 Å². The molecule has 1 aliphatic carbocycles. The predicted octanol–water partition coefficient (Wildman–Crippen LogP) is 8.14. The van der Waals surface area contributed by atoms with Gasteiger partial charge in [0, 0.05) is 0 Å². The quantitative estimate of drug-likeness (QED) is 0.0811. The Balaban J connectivity index is 0.000000582. The Morgan fingerprint density at radius 3 is 1.56 bits per heavy atom. The number of benzene rings is 2. The summed E-state index contributed by atoms with van der Waals surface area (Å²) in [5.41, 5.74) is -2.89. The standard InChI is InChI=1S/C16H13.C9H13.C2H6Si.2CHF3O3S.Zr/c1-12-10-14-8-5-9-15(16(14)11-12)13-6-3-2-4-7-13;1-6-5-7(2)9(4)8(6)3;1-3-2;2*2-1(3,4)8(5,6)7;/h2-11H,1H3;6H,1-4H3;1-2H3;2*(H,5,6,7);/q2*-1;;;;+2/p-2. The van der Waals surface area contributed by atoms with E-state index >= 15 is 0 Å². The molecule has 4 rings (SSSR count). The third-order valence-corrected chi connectivity index (χ3v) is 6.92. The van der Waals surface area contributed by atoms with Crippen molar-refractivity contribution in [1.29, 1.82) is 0 Å². The number of allylic oxidation sites excluding steroid dienone is 4. The van der Waals surface area contributed by atoms with Crippen LogP contribution in [0, 0.1) is 18.9 Å². The summed E-state index contributed by atoms with van der Waals surface area (Å²) in [7, 11) is -12.2. The van der Waals surface area contributed by atoms with Crippen molar-refractivity contribution in [2.75, 3.05) is 0 Å². The number of hydrogen-bond acceptors (Lipinski definition) is 6. The van der Waals surface area contributed by atoms with Gasteiger partial charge in [-0.2, -0.15) is 43.6 Å². The third-order valence-electron chi connectivity index (χ3n) is 5.78. The first kappa shape index (κ1) is 43.0. The molecule has 0 radical (unpaired) electrons. The Morgan fingerprint density at radius 1 is 0.822 bits per heavy atom. The Bertz CT molecular complexity index is 1660. The number of aryl methyl sites for hydroxylation is 1. The summed E-state index contributed by atoms with van der Waals surface area (Å²) in [6.07, 6.45) is 3.36. The van der Waals surface area contributed by atoms with Crippen molar-refractivity contribution in [1.82, 2.24) is 0 Å². The molecule has 6 nitrogen and oxygen atoms in total. The van der Waals surface area contributed by atoms with Gasteiger partial charge in [0.1, 0.15) is 0 Å². The number of halogens is 6. The number of alkyl halides is 6. The average Bonchev–Trinajstić information content (AvgIpc) is 3.36. The fourth-order valence-corrected chi connectivity index (χ4v) is 3.42. The monoisotopic (exact) mass is 772 g/mol. The molecule has 248 valence electrons. The van der Waals surface area contributed by atoms with E-state index in [1.807, 2.05) is 0 Å². The molecule has 0 bridgehead atoms. The summed E-state index contributed by atoms with van der Waals surface area (Å²) in [6.45, 7) is 15.4. The van der Waals surface area contributed by atoms with Crippen molar-refractivity contribution >= 4 is 36.4 Å². The van der Waals surface area contributed by atoms with Crippen LogP contribution in [0.1, 0.15) is 33.3 Å². The largest absolute Gasteiger partial charge is 0.741 e. The second-order valence-corrected chi connectivity index (χ2v) is 21.9. The van der Waals surface area contributed by atoms with E-state index in [0.29, 0.717) is 5.92 Å². The van der Waals surface area contributed by atoms with Crippen LogP contribution in [0.5, 0.6) is 0 Å². The van der Waals surface area contributed by atoms with Gasteiger partial charge < -0.3 is 9.11 Å². The predicted molar refractivity (Wildman–Crippen MR) is 159 cm³/mol. The Kier molecular flexibility index (Phi) is 17.0. The van der Waals surface area contributed by atoms with Gasteiger partial charge in [-0.05, 0) is 5.56 Å². The number of rotatable bonds is 1. The molecule has 3 aromatic rings. The van der Waals surface area contributed by atoms with E-state index in [1.54, 1.807) is 23.3 Å². The van der Waals surface area contributed by atoms with E-state index in [1.165, 1.54) is 44.2 Å². The molecule has 0 N–H and O–H groups in total. The summed E-state index contributed by atoms with van der Waals surface area (Å²) in [4.78, 5) is 0. The Hall–Kier alpha value is -1.97. The van der Waals surface area contributed by atoms with Gasteiger partial charge in [0.2, 0.25) is 0 Å². The van der Waals surface area contributed by atoms with Gasteiger partial charge in [-0.15, -0.1) is 41.5 Å². The van der Waals surface area contributed by atoms with Gasteiger partial charge in [0.15, 0.2) is 20.2 Å². The SMILES string of the molecule is CC1=[C-]C(C)C(C)=C1C.C[Si](C)=[Zr+2].Cc1cc2c(-c3ccccc3)cccc2[cH-]1.O=S(=O)([O-])C(F)(F)F.O=S(=O)([O-])C(F)(F)F. The normalized spacial score (nSPS) is 14.9. The molecule has 45 heavy (non-hydrogen) atoms. The minimum atomic E-state index is -6.09. The summed E-state index contributed by atoms with van der Waals surface area (Å²) < 4.78 is 118. The van der Waals surface area contributed by atoms with Crippen molar-refractivity contribution in [3.05, 3.63) is 89.0 Å². The van der Waals surface area contributed by atoms with E-state index < -0.39 is 31.3 Å². The Morgan fingerprint density at radius 2 is 1.24 bits per heavy atom. The van der Waals surface area contributed by atoms with Gasteiger partial charge in [-0.3, -0.25) is 6.08 Å². The topological polar surface area (TPSA) is 114 Å². The van der Waals surface area contributed by atoms with Crippen LogP contribution >= 0.6 is 0 Å². The fraction of sp³-hybridized carbons (Fsp3) is 0.345. The van der Waals surface area contributed by atoms with E-state index in [9.17, 15) is 26.3 Å². The first-order valence-corrected chi connectivity index (χ1v) is 21.8. The van der Waals surface area contributed by atoms with Gasteiger partial charge in [0.25, 0.3) is 0 Å². The van der Waals surface area contributed by atoms with Gasteiger partial charge in [0.05, 0.1) is 0 Å². The second-order valence-electron chi connectivity index (χ2n) is 9.81. The van der Waals surface area contributed by atoms with Crippen molar-refractivity contribution in [2.45, 2.75) is 58.7 Å². The minimum Gasteiger partial charge on any atom is -0.741 e. The van der Waals surface area contributed by atoms with Crippen molar-refractivity contribution in [3.8, 4) is 11.1 Å². The maximum Gasteiger partial charge on any atom is 0.485 e. The van der Waals surface area contributed by atoms with Gasteiger partial charge in [-0.25, -0.2) is 22.4 Å². The van der Waals surface area contributed by atoms with Crippen molar-refractivity contribution < 1.29 is 75.6 Å². The molecule has 0 fully saturated rings. The molecule has 1 aliphatic rings. The molecular formula is C29H32F6O6S2SiZr-2. The summed E-state index contributed by atoms with van der Waals surface area (Å²) in [5, 5.41) is 2.69. The number of hydrogen-bond donors (Lipinski definition) is 0. The summed E-state index contributed by atoms with van der Waals surface area (Å²) >= 11 is 1.74. The molecular weight excluding hydrogens is 742 g/mol. The van der Waals surface area contributed by atoms with E-state index in [2.05, 4.69) is 114 Å². The van der Waals surface area contributed by atoms with Crippen molar-refractivity contribution in [2.24, 2.45) is 5.92 Å². The average molecular weight is 774 g/mol. The molecule has 16 heteroatoms. The first-order chi connectivity index (χ1) is 20.2. The Labute approximate surface area is 275 Å². The molecule has 3 aromatic carbocycles. The first-order valence-electron chi connectivity index (χ1n) is 12.8. The zero-order valence-corrected chi connectivity index (χ0v) is 30.5. The smallest absolute Gasteiger partial charge is 0.485 e. The van der Waals surface area contributed by atoms with Crippen LogP contribution in [0.3, 0.4) is 0 Å². The minimum absolute atomic E-state index is 0.210. The molecule has 1 atom stereocenters. The van der Waals surface area contributed by atoms with Crippen LogP contribution in [0.25, 0.3) is 21.9 Å². The second kappa shape index (κ2) is 17.8. The molecule has 1 unspecified atom stereocenters. The zero-order chi connectivity index (χ0) is 35.6. The molecule has 0 saturated heterocycles. The maximum absolute atomic E-state index is 10.7. The molecule has 0 aromatic heterocycles. The fourth-order valence-electron chi connectivity index (χ4n) is 3.42. The molecule has 0 aliphatic heterocycles. The zero-order valence-electron chi connectivity index (χ0n) is 25.4. The molecule has 0 amide bonds. The van der Waals surface area contributed by atoms with E-state index in [-0.39, 0.29) is 5.43 Å². The van der Waals surface area contributed by atoms with Gasteiger partial charge in [-0.1, -0.05) is 75.6 Å². The van der Waals surface area contributed by atoms with Crippen LogP contribution in [-0.2, 0) is 43.6 Å².